The van der Waals surface area contributed by atoms with Crippen LogP contribution >= 0.6 is 0 Å². The zero-order valence-electron chi connectivity index (χ0n) is 9.17. The first-order valence-electron chi connectivity index (χ1n) is 5.08. The minimum Gasteiger partial charge on any atom is -0.206 e. The molecule has 17 heavy (non-hydrogen) atoms. The van der Waals surface area contributed by atoms with Crippen LogP contribution < -0.4 is 0 Å². The number of rotatable bonds is 1. The van der Waals surface area contributed by atoms with Crippen LogP contribution in [0, 0.1) is 29.9 Å². The van der Waals surface area contributed by atoms with E-state index in [1.165, 1.54) is 0 Å². The Bertz CT molecular complexity index is 572. The molecule has 0 radical (unpaired) electrons. The van der Waals surface area contributed by atoms with E-state index in [0.29, 0.717) is 5.56 Å². The maximum atomic E-state index is 13.7. The van der Waals surface area contributed by atoms with Gasteiger partial charge in [0.25, 0.3) is 0 Å². The molecule has 0 aliphatic carbocycles. The molecule has 2 aromatic rings. The molecule has 3 heteroatoms. The number of nitriles is 1. The summed E-state index contributed by atoms with van der Waals surface area (Å²) in [5.41, 5.74) is 1.37. The van der Waals surface area contributed by atoms with Gasteiger partial charge in [-0.2, -0.15) is 5.26 Å². The largest absolute Gasteiger partial charge is 0.206 e. The molecule has 0 saturated heterocycles. The lowest BCUT2D eigenvalue weighted by Gasteiger charge is -2.06. The molecule has 0 unspecified atom stereocenters. The normalized spacial score (nSPS) is 10.0. The summed E-state index contributed by atoms with van der Waals surface area (Å²) in [4.78, 5) is 0. The summed E-state index contributed by atoms with van der Waals surface area (Å²) in [6.07, 6.45) is 0. The summed E-state index contributed by atoms with van der Waals surface area (Å²) < 4.78 is 27.4. The van der Waals surface area contributed by atoms with E-state index < -0.39 is 11.6 Å². The molecular formula is C14H9F2N. The zero-order chi connectivity index (χ0) is 12.4. The Morgan fingerprint density at radius 2 is 1.53 bits per heavy atom. The number of halogens is 2. The van der Waals surface area contributed by atoms with Gasteiger partial charge in [0.2, 0.25) is 0 Å². The third-order valence-electron chi connectivity index (χ3n) is 2.51. The van der Waals surface area contributed by atoms with E-state index in [9.17, 15) is 8.78 Å². The van der Waals surface area contributed by atoms with Gasteiger partial charge < -0.3 is 0 Å². The predicted octanol–water partition coefficient (Wildman–Crippen LogP) is 3.81. The first kappa shape index (κ1) is 11.3. The maximum absolute atomic E-state index is 13.7. The summed E-state index contributed by atoms with van der Waals surface area (Å²) in [5.74, 6) is -1.43. The van der Waals surface area contributed by atoms with E-state index in [1.807, 2.05) is 6.92 Å². The fourth-order valence-electron chi connectivity index (χ4n) is 1.63. The van der Waals surface area contributed by atoms with Crippen LogP contribution in [0.25, 0.3) is 11.1 Å². The molecule has 0 aliphatic heterocycles. The van der Waals surface area contributed by atoms with Crippen molar-refractivity contribution in [1.29, 1.82) is 5.26 Å². The average Bonchev–Trinajstić information content (AvgIpc) is 2.30. The molecule has 0 fully saturated rings. The highest BCUT2D eigenvalue weighted by Gasteiger charge is 2.12. The lowest BCUT2D eigenvalue weighted by molar-refractivity contribution is 0.589. The van der Waals surface area contributed by atoms with Crippen LogP contribution in [0.5, 0.6) is 0 Å². The quantitative estimate of drug-likeness (QED) is 0.729. The molecule has 0 amide bonds. The smallest absolute Gasteiger partial charge is 0.135 e. The van der Waals surface area contributed by atoms with Crippen LogP contribution in [0.15, 0.2) is 36.4 Å². The highest BCUT2D eigenvalue weighted by atomic mass is 19.1. The number of hydrogen-bond donors (Lipinski definition) is 0. The summed E-state index contributed by atoms with van der Waals surface area (Å²) in [7, 11) is 0. The van der Waals surface area contributed by atoms with Gasteiger partial charge in [0.05, 0.1) is 17.2 Å². The fraction of sp³-hybridized carbons (Fsp3) is 0.0714. The van der Waals surface area contributed by atoms with Gasteiger partial charge in [-0.3, -0.25) is 0 Å². The molecule has 2 aromatic carbocycles. The Hall–Kier alpha value is -2.21. The van der Waals surface area contributed by atoms with Crippen LogP contribution in [0.2, 0.25) is 0 Å². The van der Waals surface area contributed by atoms with Crippen molar-refractivity contribution in [3.8, 4) is 17.2 Å². The molecule has 0 N–H and O–H groups in total. The molecule has 0 spiro atoms. The van der Waals surface area contributed by atoms with Gasteiger partial charge in [-0.1, -0.05) is 29.8 Å². The van der Waals surface area contributed by atoms with E-state index in [0.717, 1.165) is 17.7 Å². The van der Waals surface area contributed by atoms with E-state index in [1.54, 1.807) is 30.3 Å². The number of benzene rings is 2. The fourth-order valence-corrected chi connectivity index (χ4v) is 1.63. The Morgan fingerprint density at radius 3 is 2.00 bits per heavy atom. The summed E-state index contributed by atoms with van der Waals surface area (Å²) in [5, 5.41) is 8.60. The van der Waals surface area contributed by atoms with Crippen molar-refractivity contribution in [3.63, 3.8) is 0 Å². The van der Waals surface area contributed by atoms with Gasteiger partial charge in [0.15, 0.2) is 0 Å². The van der Waals surface area contributed by atoms with Gasteiger partial charge in [-0.05, 0) is 24.6 Å². The van der Waals surface area contributed by atoms with Gasteiger partial charge >= 0.3 is 0 Å². The Labute approximate surface area is 97.9 Å². The molecule has 84 valence electrons. The van der Waals surface area contributed by atoms with E-state index in [-0.39, 0.29) is 11.1 Å². The monoisotopic (exact) mass is 229 g/mol. The van der Waals surface area contributed by atoms with Crippen LogP contribution in [0.1, 0.15) is 11.1 Å². The molecule has 1 nitrogen and oxygen atoms in total. The summed E-state index contributed by atoms with van der Waals surface area (Å²) in [6, 6.07) is 10.7. The third-order valence-corrected chi connectivity index (χ3v) is 2.51. The topological polar surface area (TPSA) is 23.8 Å². The van der Waals surface area contributed by atoms with E-state index in [4.69, 9.17) is 5.26 Å². The second-order valence-corrected chi connectivity index (χ2v) is 3.79. The molecule has 0 saturated carbocycles. The lowest BCUT2D eigenvalue weighted by Crippen LogP contribution is -1.92. The maximum Gasteiger partial charge on any atom is 0.135 e. The van der Waals surface area contributed by atoms with Crippen LogP contribution in [0.3, 0.4) is 0 Å². The van der Waals surface area contributed by atoms with E-state index >= 15 is 0 Å². The van der Waals surface area contributed by atoms with Gasteiger partial charge in [0, 0.05) is 0 Å². The van der Waals surface area contributed by atoms with Crippen molar-refractivity contribution in [3.05, 3.63) is 59.2 Å². The van der Waals surface area contributed by atoms with Crippen LogP contribution in [-0.4, -0.2) is 0 Å². The summed E-state index contributed by atoms with van der Waals surface area (Å²) >= 11 is 0. The summed E-state index contributed by atoms with van der Waals surface area (Å²) in [6.45, 7) is 1.90. The van der Waals surface area contributed by atoms with Crippen molar-refractivity contribution < 1.29 is 8.78 Å². The molecule has 2 rings (SSSR count). The first-order chi connectivity index (χ1) is 8.11. The minimum absolute atomic E-state index is 0.0177. The molecule has 0 atom stereocenters. The second kappa shape index (κ2) is 4.34. The second-order valence-electron chi connectivity index (χ2n) is 3.79. The van der Waals surface area contributed by atoms with Gasteiger partial charge in [0.1, 0.15) is 11.6 Å². The van der Waals surface area contributed by atoms with E-state index in [2.05, 4.69) is 0 Å². The Balaban J connectivity index is 2.60. The third kappa shape index (κ3) is 2.16. The van der Waals surface area contributed by atoms with Crippen molar-refractivity contribution in [2.24, 2.45) is 0 Å². The molecule has 0 aromatic heterocycles. The number of nitrogens with zero attached hydrogens (tertiary/aromatic N) is 1. The van der Waals surface area contributed by atoms with Crippen molar-refractivity contribution >= 4 is 0 Å². The molecule has 0 bridgehead atoms. The zero-order valence-corrected chi connectivity index (χ0v) is 9.17. The highest BCUT2D eigenvalue weighted by molar-refractivity contribution is 5.66. The van der Waals surface area contributed by atoms with Crippen molar-refractivity contribution in [2.75, 3.05) is 0 Å². The van der Waals surface area contributed by atoms with Crippen molar-refractivity contribution in [1.82, 2.24) is 0 Å². The molecule has 0 heterocycles. The number of aryl methyl sites for hydroxylation is 1. The van der Waals surface area contributed by atoms with Gasteiger partial charge in [-0.25, -0.2) is 8.78 Å². The minimum atomic E-state index is -0.717. The average molecular weight is 229 g/mol. The number of hydrogen-bond acceptors (Lipinski definition) is 1. The SMILES string of the molecule is Cc1ccc(-c2c(F)cc(C#N)cc2F)cc1. The molecular weight excluding hydrogens is 220 g/mol. The Morgan fingerprint density at radius 1 is 1.00 bits per heavy atom. The van der Waals surface area contributed by atoms with Crippen LogP contribution in [0.4, 0.5) is 8.78 Å². The Kier molecular flexibility index (Phi) is 2.88. The standard InChI is InChI=1S/C14H9F2N/c1-9-2-4-11(5-3-9)14-12(15)6-10(8-17)7-13(14)16/h2-7H,1H3. The van der Waals surface area contributed by atoms with Crippen molar-refractivity contribution in [2.45, 2.75) is 6.92 Å². The molecule has 0 aliphatic rings. The first-order valence-corrected chi connectivity index (χ1v) is 5.08. The van der Waals surface area contributed by atoms with Crippen LogP contribution in [-0.2, 0) is 0 Å². The predicted molar refractivity (Wildman–Crippen MR) is 61.2 cm³/mol. The lowest BCUT2D eigenvalue weighted by atomic mass is 10.0. The highest BCUT2D eigenvalue weighted by Crippen LogP contribution is 2.27. The van der Waals surface area contributed by atoms with Gasteiger partial charge in [-0.15, -0.1) is 0 Å².